The van der Waals surface area contributed by atoms with Crippen LogP contribution in [-0.2, 0) is 4.74 Å². The van der Waals surface area contributed by atoms with Gasteiger partial charge in [0.05, 0.1) is 12.7 Å². The van der Waals surface area contributed by atoms with Gasteiger partial charge in [0, 0.05) is 19.1 Å². The minimum atomic E-state index is -0.385. The summed E-state index contributed by atoms with van der Waals surface area (Å²) in [6.45, 7) is 3.17. The van der Waals surface area contributed by atoms with Gasteiger partial charge in [-0.05, 0) is 18.8 Å². The van der Waals surface area contributed by atoms with Gasteiger partial charge >= 0.3 is 0 Å². The van der Waals surface area contributed by atoms with Gasteiger partial charge < -0.3 is 15.6 Å². The number of nitrogens with two attached hydrogens (primary N) is 1. The van der Waals surface area contributed by atoms with Gasteiger partial charge in [0.15, 0.2) is 0 Å². The molecule has 0 bridgehead atoms. The molecular weight excluding hydrogens is 154 g/mol. The van der Waals surface area contributed by atoms with E-state index in [1.807, 2.05) is 0 Å². The molecule has 0 aliphatic heterocycles. The molecule has 0 unspecified atom stereocenters. The van der Waals surface area contributed by atoms with Crippen molar-refractivity contribution in [3.8, 4) is 0 Å². The average molecular weight is 173 g/mol. The van der Waals surface area contributed by atoms with Crippen LogP contribution in [0.4, 0.5) is 0 Å². The predicted octanol–water partition coefficient (Wildman–Crippen LogP) is 0.369. The normalized spacial score (nSPS) is 37.5. The minimum absolute atomic E-state index is 0.0462. The maximum absolute atomic E-state index is 9.73. The second-order valence-corrected chi connectivity index (χ2v) is 4.05. The lowest BCUT2D eigenvalue weighted by molar-refractivity contribution is -0.0881. The summed E-state index contributed by atoms with van der Waals surface area (Å²) in [5.41, 5.74) is 5.60. The number of aliphatic hydroxyl groups is 1. The highest BCUT2D eigenvalue weighted by Gasteiger charge is 2.46. The first-order chi connectivity index (χ1) is 5.64. The molecule has 0 spiro atoms. The zero-order chi connectivity index (χ0) is 9.19. The van der Waals surface area contributed by atoms with Crippen molar-refractivity contribution in [2.45, 2.75) is 25.9 Å². The fourth-order valence-electron chi connectivity index (χ4n) is 2.24. The van der Waals surface area contributed by atoms with Gasteiger partial charge in [-0.25, -0.2) is 0 Å². The van der Waals surface area contributed by atoms with E-state index in [2.05, 4.69) is 6.92 Å². The Morgan fingerprint density at radius 1 is 1.67 bits per heavy atom. The van der Waals surface area contributed by atoms with Crippen LogP contribution in [0.2, 0.25) is 0 Å². The molecule has 0 aromatic carbocycles. The van der Waals surface area contributed by atoms with E-state index in [0.29, 0.717) is 19.1 Å². The second kappa shape index (κ2) is 3.73. The third kappa shape index (κ3) is 1.63. The molecule has 3 nitrogen and oxygen atoms in total. The van der Waals surface area contributed by atoms with Crippen molar-refractivity contribution >= 4 is 0 Å². The largest absolute Gasteiger partial charge is 0.390 e. The maximum atomic E-state index is 9.73. The number of hydrogen-bond acceptors (Lipinski definition) is 3. The Balaban J connectivity index is 2.45. The summed E-state index contributed by atoms with van der Waals surface area (Å²) in [4.78, 5) is 0. The monoisotopic (exact) mass is 173 g/mol. The first-order valence-corrected chi connectivity index (χ1v) is 4.51. The fourth-order valence-corrected chi connectivity index (χ4v) is 2.24. The predicted molar refractivity (Wildman–Crippen MR) is 47.8 cm³/mol. The van der Waals surface area contributed by atoms with Crippen LogP contribution in [-0.4, -0.2) is 31.5 Å². The van der Waals surface area contributed by atoms with Gasteiger partial charge in [-0.1, -0.05) is 6.92 Å². The minimum Gasteiger partial charge on any atom is -0.390 e. The molecule has 0 aromatic rings. The van der Waals surface area contributed by atoms with Gasteiger partial charge in [-0.2, -0.15) is 0 Å². The third-order valence-electron chi connectivity index (χ3n) is 2.95. The van der Waals surface area contributed by atoms with E-state index in [9.17, 15) is 5.11 Å². The Morgan fingerprint density at radius 3 is 2.58 bits per heavy atom. The Hall–Kier alpha value is -0.120. The number of hydrogen-bond donors (Lipinski definition) is 2. The second-order valence-electron chi connectivity index (χ2n) is 4.05. The summed E-state index contributed by atoms with van der Waals surface area (Å²) in [6.07, 6.45) is 1.69. The first kappa shape index (κ1) is 9.96. The van der Waals surface area contributed by atoms with Crippen molar-refractivity contribution in [2.75, 3.05) is 20.3 Å². The number of rotatable bonds is 4. The van der Waals surface area contributed by atoms with Crippen LogP contribution in [0.5, 0.6) is 0 Å². The molecule has 0 radical (unpaired) electrons. The van der Waals surface area contributed by atoms with Crippen molar-refractivity contribution in [3.63, 3.8) is 0 Å². The summed E-state index contributed by atoms with van der Waals surface area (Å²) in [6, 6.07) is 0. The SMILES string of the molecule is COC[C@H](O)C1(CN)CC(C)C1. The average Bonchev–Trinajstić information content (AvgIpc) is 1.98. The van der Waals surface area contributed by atoms with E-state index >= 15 is 0 Å². The van der Waals surface area contributed by atoms with Crippen molar-refractivity contribution in [1.82, 2.24) is 0 Å². The number of aliphatic hydroxyl groups excluding tert-OH is 1. The molecule has 0 aromatic heterocycles. The van der Waals surface area contributed by atoms with Crippen molar-refractivity contribution in [1.29, 1.82) is 0 Å². The number of methoxy groups -OCH3 is 1. The molecule has 3 heteroatoms. The molecule has 0 amide bonds. The van der Waals surface area contributed by atoms with E-state index in [1.165, 1.54) is 0 Å². The summed E-state index contributed by atoms with van der Waals surface area (Å²) in [5.74, 6) is 0.708. The summed E-state index contributed by atoms with van der Waals surface area (Å²) in [7, 11) is 1.61. The molecule has 1 rings (SSSR count). The van der Waals surface area contributed by atoms with Gasteiger partial charge in [0.1, 0.15) is 0 Å². The number of ether oxygens (including phenoxy) is 1. The van der Waals surface area contributed by atoms with Crippen LogP contribution in [0.15, 0.2) is 0 Å². The Labute approximate surface area is 73.9 Å². The lowest BCUT2D eigenvalue weighted by Crippen LogP contribution is -2.52. The fraction of sp³-hybridized carbons (Fsp3) is 1.00. The van der Waals surface area contributed by atoms with Gasteiger partial charge in [0.2, 0.25) is 0 Å². The van der Waals surface area contributed by atoms with Crippen molar-refractivity contribution in [2.24, 2.45) is 17.1 Å². The molecule has 72 valence electrons. The zero-order valence-electron chi connectivity index (χ0n) is 7.92. The van der Waals surface area contributed by atoms with Crippen LogP contribution < -0.4 is 5.73 Å². The van der Waals surface area contributed by atoms with Gasteiger partial charge in [-0.15, -0.1) is 0 Å². The lowest BCUT2D eigenvalue weighted by atomic mass is 9.60. The van der Waals surface area contributed by atoms with E-state index in [4.69, 9.17) is 10.5 Å². The van der Waals surface area contributed by atoms with Crippen LogP contribution in [0.25, 0.3) is 0 Å². The van der Waals surface area contributed by atoms with Crippen LogP contribution in [0, 0.1) is 11.3 Å². The Morgan fingerprint density at radius 2 is 2.25 bits per heavy atom. The van der Waals surface area contributed by atoms with E-state index in [-0.39, 0.29) is 11.5 Å². The molecule has 1 aliphatic carbocycles. The summed E-state index contributed by atoms with van der Waals surface area (Å²) >= 11 is 0. The molecule has 0 saturated heterocycles. The molecule has 1 aliphatic rings. The Kier molecular flexibility index (Phi) is 3.09. The molecule has 12 heavy (non-hydrogen) atoms. The topological polar surface area (TPSA) is 55.5 Å². The standard InChI is InChI=1S/C9H19NO2/c1-7-3-9(4-7,6-10)8(11)5-12-2/h7-8,11H,3-6,10H2,1-2H3/t7?,8-,9?/m0/s1. The summed E-state index contributed by atoms with van der Waals surface area (Å²) < 4.78 is 4.92. The van der Waals surface area contributed by atoms with Crippen LogP contribution >= 0.6 is 0 Å². The van der Waals surface area contributed by atoms with Crippen LogP contribution in [0.1, 0.15) is 19.8 Å². The smallest absolute Gasteiger partial charge is 0.0841 e. The molecule has 1 atom stereocenters. The van der Waals surface area contributed by atoms with E-state index in [0.717, 1.165) is 12.8 Å². The van der Waals surface area contributed by atoms with Crippen molar-refractivity contribution in [3.05, 3.63) is 0 Å². The van der Waals surface area contributed by atoms with Gasteiger partial charge in [-0.3, -0.25) is 0 Å². The lowest BCUT2D eigenvalue weighted by Gasteiger charge is -2.48. The maximum Gasteiger partial charge on any atom is 0.0841 e. The molecule has 0 heterocycles. The molecule has 1 saturated carbocycles. The Bertz CT molecular complexity index is 143. The highest BCUT2D eigenvalue weighted by Crippen LogP contribution is 2.47. The molecule has 3 N–H and O–H groups in total. The van der Waals surface area contributed by atoms with Crippen LogP contribution in [0.3, 0.4) is 0 Å². The van der Waals surface area contributed by atoms with Crippen molar-refractivity contribution < 1.29 is 9.84 Å². The molecule has 1 fully saturated rings. The highest BCUT2D eigenvalue weighted by atomic mass is 16.5. The van der Waals surface area contributed by atoms with Gasteiger partial charge in [0.25, 0.3) is 0 Å². The molecular formula is C9H19NO2. The van der Waals surface area contributed by atoms with E-state index < -0.39 is 0 Å². The first-order valence-electron chi connectivity index (χ1n) is 4.51. The highest BCUT2D eigenvalue weighted by molar-refractivity contribution is 4.97. The summed E-state index contributed by atoms with van der Waals surface area (Å²) in [5, 5.41) is 9.73. The quantitative estimate of drug-likeness (QED) is 0.645. The third-order valence-corrected chi connectivity index (χ3v) is 2.95. The zero-order valence-corrected chi connectivity index (χ0v) is 7.92. The van der Waals surface area contributed by atoms with E-state index in [1.54, 1.807) is 7.11 Å².